The maximum atomic E-state index is 13.2. The predicted molar refractivity (Wildman–Crippen MR) is 145 cm³/mol. The van der Waals surface area contributed by atoms with Gasteiger partial charge in [-0.05, 0) is 64.1 Å². The van der Waals surface area contributed by atoms with Gasteiger partial charge in [0.05, 0.1) is 22.3 Å². The monoisotopic (exact) mass is 482 g/mol. The minimum Gasteiger partial charge on any atom is -0.369 e. The van der Waals surface area contributed by atoms with Crippen LogP contribution < -0.4 is 10.2 Å². The van der Waals surface area contributed by atoms with Crippen molar-refractivity contribution in [3.05, 3.63) is 83.2 Å². The summed E-state index contributed by atoms with van der Waals surface area (Å²) in [6.07, 6.45) is 0.923. The first-order valence-electron chi connectivity index (χ1n) is 12.7. The molecule has 0 atom stereocenters. The van der Waals surface area contributed by atoms with Crippen molar-refractivity contribution >= 4 is 22.6 Å². The predicted octanol–water partition coefficient (Wildman–Crippen LogP) is 4.29. The van der Waals surface area contributed by atoms with Gasteiger partial charge >= 0.3 is 0 Å². The lowest BCUT2D eigenvalue weighted by atomic mass is 10.1. The van der Waals surface area contributed by atoms with Gasteiger partial charge in [-0.15, -0.1) is 0 Å². The standard InChI is InChI=1S/C29H34N6O/c1-21-10-12-25(13-11-21)35-28-27(23(3)32-35)26(20-22(2)31-28)29(36)30-14-7-15-33-16-18-34(19-17-33)24-8-5-4-6-9-24/h4-6,8-13,20H,7,14-19H2,1-3H3,(H,30,36). The third-order valence-electron chi connectivity index (χ3n) is 6.89. The lowest BCUT2D eigenvalue weighted by Crippen LogP contribution is -2.47. The fourth-order valence-electron chi connectivity index (χ4n) is 4.93. The molecule has 2 aromatic carbocycles. The summed E-state index contributed by atoms with van der Waals surface area (Å²) in [6, 6.07) is 20.7. The van der Waals surface area contributed by atoms with Crippen LogP contribution in [0.15, 0.2) is 60.7 Å². The molecule has 1 aliphatic rings. The Morgan fingerprint density at radius 3 is 2.36 bits per heavy atom. The van der Waals surface area contributed by atoms with Crippen molar-refractivity contribution in [3.63, 3.8) is 0 Å². The van der Waals surface area contributed by atoms with Gasteiger partial charge in [0.1, 0.15) is 0 Å². The number of pyridine rings is 1. The highest BCUT2D eigenvalue weighted by atomic mass is 16.1. The molecular formula is C29H34N6O. The van der Waals surface area contributed by atoms with Crippen LogP contribution in [-0.2, 0) is 0 Å². The molecule has 36 heavy (non-hydrogen) atoms. The zero-order valence-corrected chi connectivity index (χ0v) is 21.4. The summed E-state index contributed by atoms with van der Waals surface area (Å²) in [6.45, 7) is 11.7. The second kappa shape index (κ2) is 10.5. The number of amides is 1. The van der Waals surface area contributed by atoms with E-state index in [-0.39, 0.29) is 5.91 Å². The number of fused-ring (bicyclic) bond motifs is 1. The molecule has 4 aromatic rings. The molecule has 1 amide bonds. The SMILES string of the molecule is Cc1ccc(-n2nc(C)c3c(C(=O)NCCCN4CCN(c5ccccc5)CC4)cc(C)nc32)cc1. The van der Waals surface area contributed by atoms with Crippen molar-refractivity contribution in [3.8, 4) is 5.69 Å². The van der Waals surface area contributed by atoms with E-state index in [9.17, 15) is 4.79 Å². The second-order valence-electron chi connectivity index (χ2n) is 9.62. The molecule has 1 N–H and O–H groups in total. The van der Waals surface area contributed by atoms with E-state index in [4.69, 9.17) is 10.1 Å². The van der Waals surface area contributed by atoms with Gasteiger partial charge in [0.2, 0.25) is 0 Å². The minimum absolute atomic E-state index is 0.0639. The molecule has 2 aromatic heterocycles. The molecule has 1 aliphatic heterocycles. The number of carbonyl (C=O) groups is 1. The van der Waals surface area contributed by atoms with E-state index in [0.717, 1.165) is 67.3 Å². The molecule has 7 heteroatoms. The Morgan fingerprint density at radius 1 is 0.917 bits per heavy atom. The first kappa shape index (κ1) is 24.0. The molecule has 1 fully saturated rings. The second-order valence-corrected chi connectivity index (χ2v) is 9.62. The van der Waals surface area contributed by atoms with Crippen LogP contribution in [0.4, 0.5) is 5.69 Å². The van der Waals surface area contributed by atoms with Gasteiger partial charge in [0.25, 0.3) is 5.91 Å². The number of nitrogens with one attached hydrogen (secondary N) is 1. The molecule has 0 radical (unpaired) electrons. The quantitative estimate of drug-likeness (QED) is 0.398. The highest BCUT2D eigenvalue weighted by Crippen LogP contribution is 2.25. The van der Waals surface area contributed by atoms with Gasteiger partial charge in [0.15, 0.2) is 5.65 Å². The fraction of sp³-hybridized carbons (Fsp3) is 0.345. The Hall–Kier alpha value is -3.71. The number of aryl methyl sites for hydroxylation is 3. The van der Waals surface area contributed by atoms with Gasteiger partial charge in [-0.2, -0.15) is 5.10 Å². The first-order chi connectivity index (χ1) is 17.5. The number of piperazine rings is 1. The number of benzene rings is 2. The average molecular weight is 483 g/mol. The van der Waals surface area contributed by atoms with Gasteiger partial charge in [-0.25, -0.2) is 9.67 Å². The van der Waals surface area contributed by atoms with Crippen LogP contribution in [0.2, 0.25) is 0 Å². The highest BCUT2D eigenvalue weighted by molar-refractivity contribution is 6.06. The maximum absolute atomic E-state index is 13.2. The Bertz CT molecular complexity index is 1340. The lowest BCUT2D eigenvalue weighted by Gasteiger charge is -2.36. The smallest absolute Gasteiger partial charge is 0.252 e. The summed E-state index contributed by atoms with van der Waals surface area (Å²) >= 11 is 0. The summed E-state index contributed by atoms with van der Waals surface area (Å²) in [5, 5.41) is 8.67. The van der Waals surface area contributed by atoms with Crippen molar-refractivity contribution in [2.75, 3.05) is 44.2 Å². The molecule has 0 saturated carbocycles. The Morgan fingerprint density at radius 2 is 1.64 bits per heavy atom. The normalized spacial score (nSPS) is 14.4. The zero-order valence-electron chi connectivity index (χ0n) is 21.4. The van der Waals surface area contributed by atoms with Crippen molar-refractivity contribution < 1.29 is 4.79 Å². The fourth-order valence-corrected chi connectivity index (χ4v) is 4.93. The van der Waals surface area contributed by atoms with E-state index in [2.05, 4.69) is 64.5 Å². The van der Waals surface area contributed by atoms with E-state index in [1.807, 2.05) is 36.7 Å². The molecule has 0 aliphatic carbocycles. The molecule has 7 nitrogen and oxygen atoms in total. The Labute approximate surface area is 212 Å². The third kappa shape index (κ3) is 5.11. The van der Waals surface area contributed by atoms with Crippen molar-refractivity contribution in [1.82, 2.24) is 25.0 Å². The van der Waals surface area contributed by atoms with Gasteiger partial charge in [-0.3, -0.25) is 9.69 Å². The number of carbonyl (C=O) groups excluding carboxylic acids is 1. The molecule has 186 valence electrons. The van der Waals surface area contributed by atoms with Crippen molar-refractivity contribution in [1.29, 1.82) is 0 Å². The molecular weight excluding hydrogens is 448 g/mol. The number of para-hydroxylation sites is 1. The number of aromatic nitrogens is 3. The third-order valence-corrected chi connectivity index (χ3v) is 6.89. The summed E-state index contributed by atoms with van der Waals surface area (Å²) in [7, 11) is 0. The number of hydrogen-bond acceptors (Lipinski definition) is 5. The van der Waals surface area contributed by atoms with E-state index in [1.165, 1.54) is 11.3 Å². The first-order valence-corrected chi connectivity index (χ1v) is 12.7. The average Bonchev–Trinajstić information content (AvgIpc) is 3.23. The molecule has 3 heterocycles. The van der Waals surface area contributed by atoms with Crippen LogP contribution in [-0.4, -0.2) is 64.8 Å². The highest BCUT2D eigenvalue weighted by Gasteiger charge is 2.20. The number of nitrogens with zero attached hydrogens (tertiary/aromatic N) is 5. The van der Waals surface area contributed by atoms with Crippen molar-refractivity contribution in [2.45, 2.75) is 27.2 Å². The Balaban J connectivity index is 1.20. The largest absolute Gasteiger partial charge is 0.369 e. The van der Waals surface area contributed by atoms with Crippen LogP contribution in [0.3, 0.4) is 0 Å². The van der Waals surface area contributed by atoms with Gasteiger partial charge in [0, 0.05) is 44.1 Å². The summed E-state index contributed by atoms with van der Waals surface area (Å²) in [5.41, 5.74) is 6.40. The maximum Gasteiger partial charge on any atom is 0.252 e. The van der Waals surface area contributed by atoms with Gasteiger partial charge < -0.3 is 10.2 Å². The molecule has 1 saturated heterocycles. The molecule has 0 unspecified atom stereocenters. The topological polar surface area (TPSA) is 66.3 Å². The number of anilines is 1. The number of hydrogen-bond donors (Lipinski definition) is 1. The molecule has 0 bridgehead atoms. The van der Waals surface area contributed by atoms with Crippen LogP contribution in [0.1, 0.15) is 33.7 Å². The van der Waals surface area contributed by atoms with E-state index in [0.29, 0.717) is 12.1 Å². The van der Waals surface area contributed by atoms with Crippen LogP contribution in [0.5, 0.6) is 0 Å². The summed E-state index contributed by atoms with van der Waals surface area (Å²) < 4.78 is 1.84. The molecule has 0 spiro atoms. The Kier molecular flexibility index (Phi) is 7.00. The van der Waals surface area contributed by atoms with Crippen LogP contribution >= 0.6 is 0 Å². The summed E-state index contributed by atoms with van der Waals surface area (Å²) in [4.78, 5) is 22.9. The number of rotatable bonds is 7. The van der Waals surface area contributed by atoms with E-state index in [1.54, 1.807) is 0 Å². The molecule has 5 rings (SSSR count). The van der Waals surface area contributed by atoms with Crippen LogP contribution in [0, 0.1) is 20.8 Å². The zero-order chi connectivity index (χ0) is 25.1. The lowest BCUT2D eigenvalue weighted by molar-refractivity contribution is 0.0953. The van der Waals surface area contributed by atoms with Crippen LogP contribution in [0.25, 0.3) is 16.7 Å². The van der Waals surface area contributed by atoms with E-state index >= 15 is 0 Å². The van der Waals surface area contributed by atoms with Crippen molar-refractivity contribution in [2.24, 2.45) is 0 Å². The summed E-state index contributed by atoms with van der Waals surface area (Å²) in [5.74, 6) is -0.0639. The van der Waals surface area contributed by atoms with Gasteiger partial charge in [-0.1, -0.05) is 35.9 Å². The minimum atomic E-state index is -0.0639. The van der Waals surface area contributed by atoms with E-state index < -0.39 is 0 Å².